The van der Waals surface area contributed by atoms with E-state index in [0.717, 1.165) is 35.2 Å². The number of aliphatic carboxylic acids is 1. The molecule has 1 heterocycles. The van der Waals surface area contributed by atoms with E-state index in [0.29, 0.717) is 0 Å². The van der Waals surface area contributed by atoms with Gasteiger partial charge in [0.05, 0.1) is 0 Å². The molecule has 1 N–H and O–H groups in total. The van der Waals surface area contributed by atoms with Gasteiger partial charge in [0.25, 0.3) is 0 Å². The normalized spacial score (nSPS) is 11.0. The lowest BCUT2D eigenvalue weighted by Crippen LogP contribution is -1.92. The topological polar surface area (TPSA) is 68.0 Å². The van der Waals surface area contributed by atoms with E-state index in [1.54, 1.807) is 0 Å². The van der Waals surface area contributed by atoms with Crippen molar-refractivity contribution in [1.29, 1.82) is 0 Å². The number of carboxylic acids is 1. The van der Waals surface area contributed by atoms with Crippen LogP contribution in [0.1, 0.15) is 0 Å². The number of carboxylic acid groups (broad SMARTS) is 1. The van der Waals surface area contributed by atoms with Crippen molar-refractivity contribution in [3.05, 3.63) is 42.2 Å². The minimum Gasteiger partial charge on any atom is -0.478 e. The van der Waals surface area contributed by atoms with Gasteiger partial charge in [-0.3, -0.25) is 0 Å². The average molecular weight is 251 g/mol. The van der Waals surface area contributed by atoms with Crippen molar-refractivity contribution in [2.45, 2.75) is 0 Å². The molecule has 0 fully saturated rings. The monoisotopic (exact) mass is 251 g/mol. The van der Waals surface area contributed by atoms with Gasteiger partial charge in [-0.2, -0.15) is 0 Å². The summed E-state index contributed by atoms with van der Waals surface area (Å²) in [7, 11) is 0. The molecule has 0 bridgehead atoms. The van der Waals surface area contributed by atoms with Crippen LogP contribution >= 0.6 is 0 Å². The summed E-state index contributed by atoms with van der Waals surface area (Å²) in [6.45, 7) is 0. The second kappa shape index (κ2) is 4.74. The summed E-state index contributed by atoms with van der Waals surface area (Å²) in [5.74, 6) is -2.50. The zero-order valence-corrected chi connectivity index (χ0v) is 8.92. The Morgan fingerprint density at radius 2 is 1.94 bits per heavy atom. The van der Waals surface area contributed by atoms with Crippen LogP contribution in [-0.2, 0) is 4.79 Å². The van der Waals surface area contributed by atoms with Gasteiger partial charge in [-0.1, -0.05) is 0 Å². The molecule has 1 aromatic carbocycles. The fourth-order valence-electron chi connectivity index (χ4n) is 1.30. The van der Waals surface area contributed by atoms with E-state index < -0.39 is 17.6 Å². The molecule has 1 aromatic heterocycles. The molecule has 0 amide bonds. The Bertz CT molecular complexity index is 602. The molecule has 0 radical (unpaired) electrons. The third kappa shape index (κ3) is 2.76. The molecule has 0 unspecified atom stereocenters. The van der Waals surface area contributed by atoms with E-state index in [1.165, 1.54) is 6.33 Å². The summed E-state index contributed by atoms with van der Waals surface area (Å²) >= 11 is 0. The lowest BCUT2D eigenvalue weighted by Gasteiger charge is -1.96. The number of aromatic nitrogens is 3. The highest BCUT2D eigenvalue weighted by Gasteiger charge is 2.07. The van der Waals surface area contributed by atoms with Crippen LogP contribution in [0.15, 0.2) is 30.6 Å². The van der Waals surface area contributed by atoms with E-state index in [2.05, 4.69) is 10.1 Å². The summed E-state index contributed by atoms with van der Waals surface area (Å²) in [6, 6.07) is 2.91. The SMILES string of the molecule is O=C(O)C=Cn1cnc(-c2cc(F)cc(F)c2)n1. The quantitative estimate of drug-likeness (QED) is 0.844. The number of carbonyl (C=O) groups is 1. The first-order valence-corrected chi connectivity index (χ1v) is 4.83. The lowest BCUT2D eigenvalue weighted by atomic mass is 10.2. The van der Waals surface area contributed by atoms with Crippen LogP contribution in [0.5, 0.6) is 0 Å². The Kier molecular flexibility index (Phi) is 3.13. The molecule has 0 aliphatic carbocycles. The zero-order chi connectivity index (χ0) is 13.1. The first-order valence-electron chi connectivity index (χ1n) is 4.83. The fourth-order valence-corrected chi connectivity index (χ4v) is 1.30. The first kappa shape index (κ1) is 11.9. The van der Waals surface area contributed by atoms with E-state index >= 15 is 0 Å². The Labute approximate surface area is 100 Å². The van der Waals surface area contributed by atoms with Crippen molar-refractivity contribution in [3.63, 3.8) is 0 Å². The van der Waals surface area contributed by atoms with Crippen LogP contribution in [0, 0.1) is 11.6 Å². The minimum absolute atomic E-state index is 0.100. The van der Waals surface area contributed by atoms with Crippen molar-refractivity contribution in [1.82, 2.24) is 14.8 Å². The molecule has 0 saturated carbocycles. The molecular weight excluding hydrogens is 244 g/mol. The van der Waals surface area contributed by atoms with Crippen LogP contribution in [-0.4, -0.2) is 25.8 Å². The molecule has 0 saturated heterocycles. The Morgan fingerprint density at radius 1 is 1.28 bits per heavy atom. The number of nitrogens with zero attached hydrogens (tertiary/aromatic N) is 3. The van der Waals surface area contributed by atoms with Crippen molar-refractivity contribution in [2.75, 3.05) is 0 Å². The third-order valence-corrected chi connectivity index (χ3v) is 2.00. The Hall–Kier alpha value is -2.57. The van der Waals surface area contributed by atoms with Crippen LogP contribution in [0.25, 0.3) is 17.6 Å². The second-order valence-electron chi connectivity index (χ2n) is 3.36. The van der Waals surface area contributed by atoms with Crippen molar-refractivity contribution in [2.24, 2.45) is 0 Å². The molecule has 2 rings (SSSR count). The minimum atomic E-state index is -1.14. The molecule has 0 atom stereocenters. The van der Waals surface area contributed by atoms with Gasteiger partial charge >= 0.3 is 5.97 Å². The molecule has 92 valence electrons. The van der Waals surface area contributed by atoms with E-state index in [1.807, 2.05) is 0 Å². The fraction of sp³-hybridized carbons (Fsp3) is 0. The summed E-state index contributed by atoms with van der Waals surface area (Å²) < 4.78 is 27.1. The van der Waals surface area contributed by atoms with Crippen LogP contribution in [0.3, 0.4) is 0 Å². The van der Waals surface area contributed by atoms with E-state index in [-0.39, 0.29) is 11.4 Å². The number of hydrogen-bond acceptors (Lipinski definition) is 3. The highest BCUT2D eigenvalue weighted by molar-refractivity contribution is 5.82. The van der Waals surface area contributed by atoms with Gasteiger partial charge in [0, 0.05) is 23.9 Å². The summed E-state index contributed by atoms with van der Waals surface area (Å²) in [5.41, 5.74) is 0.176. The predicted octanol–water partition coefficient (Wildman–Crippen LogP) is 1.78. The molecule has 18 heavy (non-hydrogen) atoms. The second-order valence-corrected chi connectivity index (χ2v) is 3.36. The smallest absolute Gasteiger partial charge is 0.329 e. The Morgan fingerprint density at radius 3 is 2.56 bits per heavy atom. The van der Waals surface area contributed by atoms with Gasteiger partial charge in [0.1, 0.15) is 18.0 Å². The molecular formula is C11H7F2N3O2. The molecule has 7 heteroatoms. The van der Waals surface area contributed by atoms with Crippen LogP contribution in [0.2, 0.25) is 0 Å². The van der Waals surface area contributed by atoms with Crippen LogP contribution < -0.4 is 0 Å². The molecule has 0 spiro atoms. The summed E-state index contributed by atoms with van der Waals surface area (Å²) in [5, 5.41) is 12.3. The van der Waals surface area contributed by atoms with Crippen molar-refractivity contribution in [3.8, 4) is 11.4 Å². The van der Waals surface area contributed by atoms with E-state index in [9.17, 15) is 13.6 Å². The Balaban J connectivity index is 2.32. The lowest BCUT2D eigenvalue weighted by molar-refractivity contribution is -0.131. The largest absolute Gasteiger partial charge is 0.478 e. The molecule has 0 aliphatic rings. The predicted molar refractivity (Wildman–Crippen MR) is 58.3 cm³/mol. The zero-order valence-electron chi connectivity index (χ0n) is 8.92. The maximum atomic E-state index is 13.0. The summed E-state index contributed by atoms with van der Waals surface area (Å²) in [6.07, 6.45) is 3.26. The number of halogens is 2. The van der Waals surface area contributed by atoms with Gasteiger partial charge in [-0.25, -0.2) is 23.2 Å². The highest BCUT2D eigenvalue weighted by Crippen LogP contribution is 2.17. The summed E-state index contributed by atoms with van der Waals surface area (Å²) in [4.78, 5) is 14.1. The first-order chi connectivity index (χ1) is 8.54. The third-order valence-electron chi connectivity index (χ3n) is 2.00. The molecule has 5 nitrogen and oxygen atoms in total. The highest BCUT2D eigenvalue weighted by atomic mass is 19.1. The maximum Gasteiger partial charge on any atom is 0.329 e. The van der Waals surface area contributed by atoms with Crippen LogP contribution in [0.4, 0.5) is 8.78 Å². The van der Waals surface area contributed by atoms with Gasteiger partial charge in [0.15, 0.2) is 5.82 Å². The molecule has 2 aromatic rings. The maximum absolute atomic E-state index is 13.0. The average Bonchev–Trinajstić information content (AvgIpc) is 2.73. The number of hydrogen-bond donors (Lipinski definition) is 1. The standard InChI is InChI=1S/C11H7F2N3O2/c12-8-3-7(4-9(13)5-8)11-14-6-16(15-11)2-1-10(17)18/h1-6H,(H,17,18). The van der Waals surface area contributed by atoms with E-state index in [4.69, 9.17) is 5.11 Å². The number of rotatable bonds is 3. The van der Waals surface area contributed by atoms with Gasteiger partial charge < -0.3 is 5.11 Å². The van der Waals surface area contributed by atoms with Crippen molar-refractivity contribution >= 4 is 12.2 Å². The van der Waals surface area contributed by atoms with Gasteiger partial charge in [-0.05, 0) is 12.1 Å². The molecule has 0 aliphatic heterocycles. The number of benzene rings is 1. The van der Waals surface area contributed by atoms with Gasteiger partial charge in [-0.15, -0.1) is 5.10 Å². The van der Waals surface area contributed by atoms with Crippen molar-refractivity contribution < 1.29 is 18.7 Å². The van der Waals surface area contributed by atoms with Gasteiger partial charge in [0.2, 0.25) is 0 Å².